The van der Waals surface area contributed by atoms with Gasteiger partial charge in [-0.1, -0.05) is 190 Å². The van der Waals surface area contributed by atoms with Crippen molar-refractivity contribution < 1.29 is 0 Å². The highest BCUT2D eigenvalue weighted by molar-refractivity contribution is 6.21. The Morgan fingerprint density at radius 3 is 1.44 bits per heavy atom. The van der Waals surface area contributed by atoms with Gasteiger partial charge in [-0.25, -0.2) is 0 Å². The number of hydrogen-bond donors (Lipinski definition) is 0. The van der Waals surface area contributed by atoms with Gasteiger partial charge in [0.25, 0.3) is 0 Å². The Hall–Kier alpha value is -7.48. The van der Waals surface area contributed by atoms with Gasteiger partial charge in [0.1, 0.15) is 0 Å². The molecular formula is C60H49N. The predicted octanol–water partition coefficient (Wildman–Crippen LogP) is 15.0. The maximum atomic E-state index is 4.27. The summed E-state index contributed by atoms with van der Waals surface area (Å²) >= 11 is 0. The quantitative estimate of drug-likeness (QED) is 0.0881. The number of fused-ring (bicyclic) bond motifs is 4. The zero-order valence-corrected chi connectivity index (χ0v) is 34.9. The van der Waals surface area contributed by atoms with Crippen LogP contribution in [0.1, 0.15) is 25.3 Å². The van der Waals surface area contributed by atoms with Gasteiger partial charge in [0.2, 0.25) is 0 Å². The van der Waals surface area contributed by atoms with E-state index in [0.29, 0.717) is 0 Å². The van der Waals surface area contributed by atoms with Crippen LogP contribution in [0.25, 0.3) is 89.0 Å². The van der Waals surface area contributed by atoms with Gasteiger partial charge in [-0.05, 0) is 149 Å². The van der Waals surface area contributed by atoms with Gasteiger partial charge in [0.05, 0.1) is 0 Å². The molecule has 9 rings (SSSR count). The monoisotopic (exact) mass is 783 g/mol. The third-order valence-electron chi connectivity index (χ3n) is 12.1. The fourth-order valence-electron chi connectivity index (χ4n) is 9.39. The first kappa shape index (κ1) is 39.0. The van der Waals surface area contributed by atoms with Crippen LogP contribution in [0.3, 0.4) is 0 Å². The molecule has 0 saturated heterocycles. The van der Waals surface area contributed by atoms with Crippen LogP contribution >= 0.6 is 0 Å². The molecule has 1 heteroatoms. The van der Waals surface area contributed by atoms with E-state index in [2.05, 4.69) is 202 Å². The molecule has 0 bridgehead atoms. The average molecular weight is 784 g/mol. The summed E-state index contributed by atoms with van der Waals surface area (Å²) in [5.41, 5.74) is 15.0. The Balaban J connectivity index is 1.22. The largest absolute Gasteiger partial charge is 0.315 e. The van der Waals surface area contributed by atoms with E-state index in [4.69, 9.17) is 0 Å². The summed E-state index contributed by atoms with van der Waals surface area (Å²) < 4.78 is 0. The topological polar surface area (TPSA) is 3.24 Å². The highest BCUT2D eigenvalue weighted by atomic mass is 15.1. The van der Waals surface area contributed by atoms with Crippen molar-refractivity contribution in [2.75, 3.05) is 4.90 Å². The zero-order valence-electron chi connectivity index (χ0n) is 34.9. The van der Waals surface area contributed by atoms with Crippen LogP contribution in [0.15, 0.2) is 220 Å². The number of benzene rings is 8. The normalized spacial score (nSPS) is 12.3. The molecule has 0 aliphatic heterocycles. The van der Waals surface area contributed by atoms with E-state index >= 15 is 0 Å². The summed E-state index contributed by atoms with van der Waals surface area (Å²) in [6.07, 6.45) is 15.1. The molecule has 8 aromatic carbocycles. The Labute approximate surface area is 360 Å². The Kier molecular flexibility index (Phi) is 10.6. The average Bonchev–Trinajstić information content (AvgIpc) is 3.30. The summed E-state index contributed by atoms with van der Waals surface area (Å²) in [4.78, 5) is 2.11. The van der Waals surface area contributed by atoms with Crippen molar-refractivity contribution in [1.82, 2.24) is 0 Å². The first-order valence-electron chi connectivity index (χ1n) is 21.1. The third-order valence-corrected chi connectivity index (χ3v) is 12.1. The lowest BCUT2D eigenvalue weighted by Gasteiger charge is -2.26. The van der Waals surface area contributed by atoms with Crippen molar-refractivity contribution in [2.45, 2.75) is 26.2 Å². The molecule has 0 amide bonds. The zero-order chi connectivity index (χ0) is 42.0. The molecule has 0 unspecified atom stereocenters. The maximum absolute atomic E-state index is 4.27. The van der Waals surface area contributed by atoms with Crippen molar-refractivity contribution in [2.24, 2.45) is 0 Å². The van der Waals surface area contributed by atoms with Gasteiger partial charge in [-0.3, -0.25) is 0 Å². The van der Waals surface area contributed by atoms with E-state index < -0.39 is 0 Å². The third kappa shape index (κ3) is 7.09. The number of allylic oxidation sites excluding steroid dienone is 6. The summed E-state index contributed by atoms with van der Waals surface area (Å²) in [6, 6.07) is 53.9. The molecule has 1 aliphatic rings. The molecule has 8 aromatic rings. The van der Waals surface area contributed by atoms with Crippen molar-refractivity contribution in [3.63, 3.8) is 0 Å². The van der Waals surface area contributed by atoms with Crippen LogP contribution in [-0.4, -0.2) is 0 Å². The molecule has 0 spiro atoms. The highest BCUT2D eigenvalue weighted by Gasteiger charge is 2.20. The number of anilines is 1. The van der Waals surface area contributed by atoms with Gasteiger partial charge >= 0.3 is 0 Å². The fourth-order valence-corrected chi connectivity index (χ4v) is 9.39. The van der Waals surface area contributed by atoms with Crippen molar-refractivity contribution in [1.29, 1.82) is 0 Å². The van der Waals surface area contributed by atoms with E-state index in [1.54, 1.807) is 12.2 Å². The van der Waals surface area contributed by atoms with Crippen LogP contribution in [0.4, 0.5) is 5.69 Å². The molecule has 61 heavy (non-hydrogen) atoms. The van der Waals surface area contributed by atoms with E-state index in [0.717, 1.165) is 41.9 Å². The summed E-state index contributed by atoms with van der Waals surface area (Å²) in [6.45, 7) is 22.3. The molecule has 1 nitrogen and oxygen atoms in total. The number of nitrogens with zero attached hydrogens (tertiary/aromatic N) is 1. The molecule has 0 atom stereocenters. The molecule has 0 fully saturated rings. The maximum Gasteiger partial charge on any atom is 0.0458 e. The molecule has 1 aliphatic carbocycles. The number of rotatable bonds is 12. The van der Waals surface area contributed by atoms with Gasteiger partial charge in [0, 0.05) is 17.1 Å². The summed E-state index contributed by atoms with van der Waals surface area (Å²) in [7, 11) is 0. The van der Waals surface area contributed by atoms with Gasteiger partial charge in [-0.15, -0.1) is 0 Å². The molecule has 0 saturated carbocycles. The number of hydrogen-bond acceptors (Lipinski definition) is 1. The minimum atomic E-state index is 0.797. The van der Waals surface area contributed by atoms with Gasteiger partial charge in [-0.2, -0.15) is 0 Å². The van der Waals surface area contributed by atoms with E-state index in [-0.39, 0.29) is 0 Å². The smallest absolute Gasteiger partial charge is 0.0458 e. The molecular weight excluding hydrogens is 735 g/mol. The van der Waals surface area contributed by atoms with Crippen LogP contribution in [-0.2, 0) is 6.42 Å². The predicted molar refractivity (Wildman–Crippen MR) is 267 cm³/mol. The van der Waals surface area contributed by atoms with Crippen LogP contribution < -0.4 is 15.3 Å². The molecule has 0 radical (unpaired) electrons. The second kappa shape index (κ2) is 16.6. The molecule has 294 valence electrons. The van der Waals surface area contributed by atoms with Crippen molar-refractivity contribution in [3.05, 3.63) is 236 Å². The molecule has 0 heterocycles. The van der Waals surface area contributed by atoms with Crippen molar-refractivity contribution in [3.8, 4) is 44.5 Å². The van der Waals surface area contributed by atoms with Crippen LogP contribution in [0.5, 0.6) is 0 Å². The van der Waals surface area contributed by atoms with Gasteiger partial charge < -0.3 is 4.90 Å². The highest BCUT2D eigenvalue weighted by Crippen LogP contribution is 2.44. The van der Waals surface area contributed by atoms with Crippen molar-refractivity contribution >= 4 is 50.2 Å². The SMILES string of the molecule is C=C/C=C(\C)N(C(=C)C=C)c1ccc(-c2c3c(c(-c4cccc(-c5c6ccccc6c(-c6ccc(CC(=C)C=C)cc6)c6ccccc56)c4)c4ccccc24)=CCCC=3)cc1. The van der Waals surface area contributed by atoms with E-state index in [1.807, 2.05) is 12.2 Å². The first-order valence-corrected chi connectivity index (χ1v) is 21.1. The van der Waals surface area contributed by atoms with Crippen LogP contribution in [0, 0.1) is 0 Å². The van der Waals surface area contributed by atoms with E-state index in [1.165, 1.54) is 92.8 Å². The Morgan fingerprint density at radius 1 is 0.508 bits per heavy atom. The lowest BCUT2D eigenvalue weighted by molar-refractivity contribution is 1.11. The molecule has 0 aromatic heterocycles. The Morgan fingerprint density at radius 2 is 0.951 bits per heavy atom. The summed E-state index contributed by atoms with van der Waals surface area (Å²) in [5, 5.41) is 10.1. The fraction of sp³-hybridized carbons (Fsp3) is 0.0667. The Bertz CT molecular complexity index is 3190. The van der Waals surface area contributed by atoms with Gasteiger partial charge in [0.15, 0.2) is 0 Å². The minimum Gasteiger partial charge on any atom is -0.315 e. The first-order chi connectivity index (χ1) is 29.9. The lowest BCUT2D eigenvalue weighted by atomic mass is 9.83. The standard InChI is InChI=1S/C60H49N/c1-7-19-42(6)61(41(5)9-3)48-36-34-45(35-37-48)58-51-24-12-16-28-55(51)60(56-29-17-13-25-52(56)58)47-21-18-20-46(39-47)59-53-26-14-10-22-49(53)57(50-23-11-15-27-54(50)59)44-32-30-43(31-33-44)38-40(4)8-2/h7-12,14-16,18-37,39H,1-5,13,17,38H2,6H3/b42-19+. The summed E-state index contributed by atoms with van der Waals surface area (Å²) in [5.74, 6) is 0. The second-order valence-electron chi connectivity index (χ2n) is 15.9. The van der Waals surface area contributed by atoms with E-state index in [9.17, 15) is 0 Å². The molecule has 0 N–H and O–H groups in total. The van der Waals surface area contributed by atoms with Crippen LogP contribution in [0.2, 0.25) is 0 Å². The minimum absolute atomic E-state index is 0.797. The second-order valence-corrected chi connectivity index (χ2v) is 15.9. The lowest BCUT2D eigenvalue weighted by Crippen LogP contribution is -2.31.